The van der Waals surface area contributed by atoms with E-state index < -0.39 is 0 Å². The molecule has 1 aromatic heterocycles. The lowest BCUT2D eigenvalue weighted by Gasteiger charge is -2.20. The number of carbonyl (C=O) groups excluding carboxylic acids is 1. The first kappa shape index (κ1) is 12.4. The summed E-state index contributed by atoms with van der Waals surface area (Å²) in [5.41, 5.74) is 1.38. The molecule has 0 atom stereocenters. The van der Waals surface area contributed by atoms with E-state index in [4.69, 9.17) is 0 Å². The first-order chi connectivity index (χ1) is 9.78. The van der Waals surface area contributed by atoms with Crippen LogP contribution in [0, 0.1) is 11.3 Å². The van der Waals surface area contributed by atoms with Gasteiger partial charge < -0.3 is 10.2 Å². The Hall–Kier alpha value is -2.61. The molecule has 1 N–H and O–H groups in total. The minimum atomic E-state index is -0.00373. The second-order valence-electron chi connectivity index (χ2n) is 4.78. The van der Waals surface area contributed by atoms with Crippen LogP contribution < -0.4 is 10.2 Å². The van der Waals surface area contributed by atoms with Crippen LogP contribution in [-0.4, -0.2) is 30.5 Å². The van der Waals surface area contributed by atoms with Gasteiger partial charge in [-0.05, 0) is 18.6 Å². The van der Waals surface area contributed by atoms with E-state index in [0.29, 0.717) is 17.9 Å². The molecule has 0 aliphatic carbocycles. The topological polar surface area (TPSA) is 69.0 Å². The maximum absolute atomic E-state index is 11.6. The van der Waals surface area contributed by atoms with E-state index in [1.165, 1.54) is 0 Å². The largest absolute Gasteiger partial charge is 0.354 e. The molecule has 1 fully saturated rings. The third-order valence-corrected chi connectivity index (χ3v) is 3.41. The van der Waals surface area contributed by atoms with Crippen molar-refractivity contribution in [2.45, 2.75) is 6.42 Å². The standard InChI is InChI=1S/C15H14N4O/c16-9-11-8-14(18-13-5-2-1-4-12(11)13)19-7-3-6-17-15(20)10-19/h1-2,4-5,8H,3,6-7,10H2,(H,17,20). The zero-order valence-corrected chi connectivity index (χ0v) is 11.0. The van der Waals surface area contributed by atoms with Gasteiger partial charge in [-0.15, -0.1) is 0 Å². The lowest BCUT2D eigenvalue weighted by molar-refractivity contribution is -0.119. The van der Waals surface area contributed by atoms with Gasteiger partial charge in [-0.25, -0.2) is 4.98 Å². The highest BCUT2D eigenvalue weighted by Crippen LogP contribution is 2.22. The molecule has 1 aromatic carbocycles. The number of amides is 1. The van der Waals surface area contributed by atoms with Crippen molar-refractivity contribution in [3.8, 4) is 6.07 Å². The minimum Gasteiger partial charge on any atom is -0.354 e. The van der Waals surface area contributed by atoms with Crippen LogP contribution in [0.25, 0.3) is 10.9 Å². The number of rotatable bonds is 1. The molecule has 0 saturated carbocycles. The molecule has 20 heavy (non-hydrogen) atoms. The predicted molar refractivity (Wildman–Crippen MR) is 76.3 cm³/mol. The normalized spacial score (nSPS) is 15.6. The number of pyridine rings is 1. The second kappa shape index (κ2) is 5.17. The molecule has 5 nitrogen and oxygen atoms in total. The average Bonchev–Trinajstić information content (AvgIpc) is 2.70. The molecular weight excluding hydrogens is 252 g/mol. The number of fused-ring (bicyclic) bond motifs is 1. The van der Waals surface area contributed by atoms with Crippen LogP contribution in [0.3, 0.4) is 0 Å². The molecule has 3 rings (SSSR count). The van der Waals surface area contributed by atoms with E-state index in [0.717, 1.165) is 23.9 Å². The summed E-state index contributed by atoms with van der Waals surface area (Å²) in [5.74, 6) is 0.688. The van der Waals surface area contributed by atoms with Gasteiger partial charge in [0, 0.05) is 18.5 Å². The fourth-order valence-electron chi connectivity index (χ4n) is 2.42. The summed E-state index contributed by atoms with van der Waals surface area (Å²) in [6.07, 6.45) is 0.877. The van der Waals surface area contributed by atoms with Gasteiger partial charge in [-0.1, -0.05) is 18.2 Å². The Morgan fingerprint density at radius 1 is 1.35 bits per heavy atom. The third kappa shape index (κ3) is 2.28. The molecule has 0 radical (unpaired) electrons. The van der Waals surface area contributed by atoms with Crippen molar-refractivity contribution >= 4 is 22.6 Å². The van der Waals surface area contributed by atoms with E-state index in [1.807, 2.05) is 29.2 Å². The maximum atomic E-state index is 11.6. The van der Waals surface area contributed by atoms with Crippen molar-refractivity contribution in [1.29, 1.82) is 5.26 Å². The third-order valence-electron chi connectivity index (χ3n) is 3.41. The molecule has 2 aromatic rings. The Bertz CT molecular complexity index is 705. The molecule has 2 heterocycles. The molecule has 5 heteroatoms. The number of aromatic nitrogens is 1. The molecule has 100 valence electrons. The summed E-state index contributed by atoms with van der Waals surface area (Å²) in [4.78, 5) is 18.1. The van der Waals surface area contributed by atoms with Crippen LogP contribution in [-0.2, 0) is 4.79 Å². The van der Waals surface area contributed by atoms with E-state index in [2.05, 4.69) is 16.4 Å². The first-order valence-corrected chi connectivity index (χ1v) is 6.59. The van der Waals surface area contributed by atoms with Gasteiger partial charge in [0.1, 0.15) is 5.82 Å². The number of nitrogens with zero attached hydrogens (tertiary/aromatic N) is 3. The van der Waals surface area contributed by atoms with E-state index in [-0.39, 0.29) is 12.5 Å². The van der Waals surface area contributed by atoms with Gasteiger partial charge in [0.15, 0.2) is 0 Å². The summed E-state index contributed by atoms with van der Waals surface area (Å²) in [7, 11) is 0. The number of hydrogen-bond donors (Lipinski definition) is 1. The molecular formula is C15H14N4O. The van der Waals surface area contributed by atoms with Crippen LogP contribution in [0.4, 0.5) is 5.82 Å². The lowest BCUT2D eigenvalue weighted by Crippen LogP contribution is -2.33. The van der Waals surface area contributed by atoms with Crippen LogP contribution in [0.15, 0.2) is 30.3 Å². The fraction of sp³-hybridized carbons (Fsp3) is 0.267. The van der Waals surface area contributed by atoms with E-state index in [1.54, 1.807) is 6.07 Å². The number of nitriles is 1. The molecule has 0 unspecified atom stereocenters. The summed E-state index contributed by atoms with van der Waals surface area (Å²) in [6, 6.07) is 11.5. The van der Waals surface area contributed by atoms with Crippen molar-refractivity contribution < 1.29 is 4.79 Å². The first-order valence-electron chi connectivity index (χ1n) is 6.59. The monoisotopic (exact) mass is 266 g/mol. The van der Waals surface area contributed by atoms with Crippen LogP contribution in [0.2, 0.25) is 0 Å². The summed E-state index contributed by atoms with van der Waals surface area (Å²) in [6.45, 7) is 1.74. The highest BCUT2D eigenvalue weighted by atomic mass is 16.2. The van der Waals surface area contributed by atoms with Crippen molar-refractivity contribution in [1.82, 2.24) is 10.3 Å². The predicted octanol–water partition coefficient (Wildman–Crippen LogP) is 1.43. The van der Waals surface area contributed by atoms with Crippen molar-refractivity contribution in [2.24, 2.45) is 0 Å². The number of para-hydroxylation sites is 1. The van der Waals surface area contributed by atoms with Crippen LogP contribution >= 0.6 is 0 Å². The number of benzene rings is 1. The van der Waals surface area contributed by atoms with Gasteiger partial charge in [-0.2, -0.15) is 5.26 Å². The van der Waals surface area contributed by atoms with Crippen molar-refractivity contribution in [2.75, 3.05) is 24.5 Å². The smallest absolute Gasteiger partial charge is 0.239 e. The van der Waals surface area contributed by atoms with E-state index in [9.17, 15) is 10.1 Å². The second-order valence-corrected chi connectivity index (χ2v) is 4.78. The van der Waals surface area contributed by atoms with Gasteiger partial charge >= 0.3 is 0 Å². The Labute approximate surface area is 116 Å². The Morgan fingerprint density at radius 3 is 3.05 bits per heavy atom. The summed E-state index contributed by atoms with van der Waals surface area (Å²) >= 11 is 0. The molecule has 1 aliphatic rings. The van der Waals surface area contributed by atoms with Crippen LogP contribution in [0.1, 0.15) is 12.0 Å². The molecule has 1 amide bonds. The minimum absolute atomic E-state index is 0.00373. The fourth-order valence-corrected chi connectivity index (χ4v) is 2.42. The van der Waals surface area contributed by atoms with Crippen molar-refractivity contribution in [3.63, 3.8) is 0 Å². The number of nitrogens with one attached hydrogen (secondary N) is 1. The molecule has 1 aliphatic heterocycles. The maximum Gasteiger partial charge on any atom is 0.239 e. The summed E-state index contributed by atoms with van der Waals surface area (Å²) < 4.78 is 0. The van der Waals surface area contributed by atoms with Crippen molar-refractivity contribution in [3.05, 3.63) is 35.9 Å². The zero-order chi connectivity index (χ0) is 13.9. The van der Waals surface area contributed by atoms with Gasteiger partial charge in [0.25, 0.3) is 0 Å². The highest BCUT2D eigenvalue weighted by molar-refractivity contribution is 5.87. The molecule has 0 bridgehead atoms. The Kier molecular flexibility index (Phi) is 3.21. The van der Waals surface area contributed by atoms with Gasteiger partial charge in [0.05, 0.1) is 23.7 Å². The Balaban J connectivity index is 2.07. The van der Waals surface area contributed by atoms with Crippen LogP contribution in [0.5, 0.6) is 0 Å². The number of carbonyl (C=O) groups is 1. The molecule has 1 saturated heterocycles. The Morgan fingerprint density at radius 2 is 2.20 bits per heavy atom. The summed E-state index contributed by atoms with van der Waals surface area (Å²) in [5, 5.41) is 13.0. The SMILES string of the molecule is N#Cc1cc(N2CCCNC(=O)C2)nc2ccccc12. The number of hydrogen-bond acceptors (Lipinski definition) is 4. The zero-order valence-electron chi connectivity index (χ0n) is 11.0. The lowest BCUT2D eigenvalue weighted by atomic mass is 10.1. The average molecular weight is 266 g/mol. The quantitative estimate of drug-likeness (QED) is 0.847. The van der Waals surface area contributed by atoms with Gasteiger partial charge in [0.2, 0.25) is 5.91 Å². The van der Waals surface area contributed by atoms with E-state index >= 15 is 0 Å². The number of anilines is 1. The molecule has 0 spiro atoms. The van der Waals surface area contributed by atoms with Gasteiger partial charge in [-0.3, -0.25) is 4.79 Å². The highest BCUT2D eigenvalue weighted by Gasteiger charge is 2.17.